The molecule has 0 aliphatic heterocycles. The average molecular weight is 602 g/mol. The van der Waals surface area contributed by atoms with Gasteiger partial charge in [0.05, 0.1) is 5.41 Å². The number of carbonyl (C=O) groups excluding carboxylic acids is 2. The van der Waals surface area contributed by atoms with Gasteiger partial charge in [-0.05, 0) is 104 Å². The Kier molecular flexibility index (Phi) is 12.9. The highest BCUT2D eigenvalue weighted by Crippen LogP contribution is 2.41. The summed E-state index contributed by atoms with van der Waals surface area (Å²) < 4.78 is 0. The number of rotatable bonds is 12. The number of allylic oxidation sites excluding steroid dienone is 12. The van der Waals surface area contributed by atoms with Crippen LogP contribution in [0.5, 0.6) is 0 Å². The molecule has 3 heteroatoms. The summed E-state index contributed by atoms with van der Waals surface area (Å²) in [6, 6.07) is 9.80. The molecule has 3 aliphatic carbocycles. The average Bonchev–Trinajstić information content (AvgIpc) is 3.33. The number of hydrogen-bond donors (Lipinski definition) is 0. The second kappa shape index (κ2) is 17.0. The lowest BCUT2D eigenvalue weighted by Crippen LogP contribution is -2.33. The van der Waals surface area contributed by atoms with Gasteiger partial charge in [-0.3, -0.25) is 14.6 Å². The van der Waals surface area contributed by atoms with Crippen LogP contribution in [0, 0.1) is 11.3 Å². The van der Waals surface area contributed by atoms with E-state index in [0.717, 1.165) is 67.4 Å². The van der Waals surface area contributed by atoms with E-state index in [1.165, 1.54) is 42.4 Å². The van der Waals surface area contributed by atoms with Crippen LogP contribution in [0.4, 0.5) is 0 Å². The fraction of sp³-hybridized carbons (Fsp3) is 0.405. The van der Waals surface area contributed by atoms with Crippen molar-refractivity contribution in [2.75, 3.05) is 0 Å². The predicted molar refractivity (Wildman–Crippen MR) is 189 cm³/mol. The van der Waals surface area contributed by atoms with Crippen molar-refractivity contribution in [3.63, 3.8) is 0 Å². The number of carbonyl (C=O) groups is 2. The highest BCUT2D eigenvalue weighted by Gasteiger charge is 2.38. The molecule has 1 aromatic carbocycles. The topological polar surface area (TPSA) is 47.0 Å². The summed E-state index contributed by atoms with van der Waals surface area (Å²) in [5, 5.41) is 0. The maximum atomic E-state index is 14.6. The summed E-state index contributed by atoms with van der Waals surface area (Å²) in [7, 11) is 0. The highest BCUT2D eigenvalue weighted by molar-refractivity contribution is 6.07. The van der Waals surface area contributed by atoms with Crippen molar-refractivity contribution in [2.45, 2.75) is 98.3 Å². The fourth-order valence-electron chi connectivity index (χ4n) is 6.97. The molecule has 45 heavy (non-hydrogen) atoms. The van der Waals surface area contributed by atoms with Gasteiger partial charge in [0.15, 0.2) is 12.1 Å². The number of ketones is 1. The third-order valence-corrected chi connectivity index (χ3v) is 9.56. The zero-order valence-corrected chi connectivity index (χ0v) is 27.9. The van der Waals surface area contributed by atoms with Gasteiger partial charge < -0.3 is 0 Å². The van der Waals surface area contributed by atoms with Crippen LogP contribution in [0.25, 0.3) is 0 Å². The summed E-state index contributed by atoms with van der Waals surface area (Å²) in [6.07, 6.45) is 33.5. The molecular weight excluding hydrogens is 550 g/mol. The molecule has 1 aromatic heterocycles. The molecule has 5 rings (SSSR count). The summed E-state index contributed by atoms with van der Waals surface area (Å²) in [5.74, 6) is 0.774. The number of pyridine rings is 1. The smallest absolute Gasteiger partial charge is 0.174 e. The van der Waals surface area contributed by atoms with Crippen LogP contribution in [0.15, 0.2) is 114 Å². The van der Waals surface area contributed by atoms with Crippen molar-refractivity contribution in [3.8, 4) is 0 Å². The third kappa shape index (κ3) is 8.87. The number of benzene rings is 1. The van der Waals surface area contributed by atoms with Gasteiger partial charge in [0.25, 0.3) is 0 Å². The lowest BCUT2D eigenvalue weighted by atomic mass is 9.70. The molecule has 3 nitrogen and oxygen atoms in total. The molecular formula is C42H51NO2. The standard InChI is InChI=1S/C40H45NO2.C2H6/c1-3-34-17-19-37(20-18-35(34)26-31-12-8-9-13-31)40(2,28-33-22-24-41-25-23-33)39(43)38-21-16-32(27-36(38)29-42)15-14-30-10-6-4-5-7-11-30;1-2/h4,6-7,10-11,16-17,19-25,27,29,31H,3,5,8-9,12-15,18,26,28H2,1-2H3;1-2H3. The quantitative estimate of drug-likeness (QED) is 0.180. The van der Waals surface area contributed by atoms with Gasteiger partial charge in [0.2, 0.25) is 0 Å². The van der Waals surface area contributed by atoms with Gasteiger partial charge in [0, 0.05) is 23.5 Å². The Balaban J connectivity index is 0.00000226. The van der Waals surface area contributed by atoms with Crippen molar-refractivity contribution in [1.82, 2.24) is 4.98 Å². The van der Waals surface area contributed by atoms with Crippen molar-refractivity contribution < 1.29 is 9.59 Å². The van der Waals surface area contributed by atoms with E-state index in [0.29, 0.717) is 17.5 Å². The number of nitrogens with zero attached hydrogens (tertiary/aromatic N) is 1. The molecule has 1 atom stereocenters. The summed E-state index contributed by atoms with van der Waals surface area (Å²) in [6.45, 7) is 8.29. The monoisotopic (exact) mass is 601 g/mol. The molecule has 0 radical (unpaired) electrons. The molecule has 3 aliphatic rings. The fourth-order valence-corrected chi connectivity index (χ4v) is 6.97. The first-order valence-electron chi connectivity index (χ1n) is 17.1. The van der Waals surface area contributed by atoms with E-state index >= 15 is 0 Å². The van der Waals surface area contributed by atoms with Gasteiger partial charge in [-0.2, -0.15) is 0 Å². The van der Waals surface area contributed by atoms with Gasteiger partial charge in [-0.25, -0.2) is 0 Å². The summed E-state index contributed by atoms with van der Waals surface area (Å²) >= 11 is 0. The second-order valence-corrected chi connectivity index (χ2v) is 12.6. The Morgan fingerprint density at radius 3 is 2.49 bits per heavy atom. The van der Waals surface area contributed by atoms with Crippen molar-refractivity contribution in [1.29, 1.82) is 0 Å². The molecule has 0 saturated heterocycles. The normalized spacial score (nSPS) is 17.9. The number of aryl methyl sites for hydroxylation is 1. The molecule has 1 fully saturated rings. The van der Waals surface area contributed by atoms with E-state index in [9.17, 15) is 9.59 Å². The van der Waals surface area contributed by atoms with Crippen LogP contribution >= 0.6 is 0 Å². The third-order valence-electron chi connectivity index (χ3n) is 9.56. The lowest BCUT2D eigenvalue weighted by Gasteiger charge is -2.31. The Morgan fingerprint density at radius 1 is 0.978 bits per heavy atom. The Labute approximate surface area is 271 Å². The molecule has 0 amide bonds. The molecule has 236 valence electrons. The minimum Gasteiger partial charge on any atom is -0.298 e. The second-order valence-electron chi connectivity index (χ2n) is 12.6. The van der Waals surface area contributed by atoms with Crippen LogP contribution in [-0.2, 0) is 12.8 Å². The first-order valence-corrected chi connectivity index (χ1v) is 17.1. The maximum Gasteiger partial charge on any atom is 0.174 e. The predicted octanol–water partition coefficient (Wildman–Crippen LogP) is 10.9. The van der Waals surface area contributed by atoms with Gasteiger partial charge in [0.1, 0.15) is 0 Å². The van der Waals surface area contributed by atoms with Crippen LogP contribution in [-0.4, -0.2) is 17.1 Å². The summed E-state index contributed by atoms with van der Waals surface area (Å²) in [5.41, 5.74) is 7.49. The van der Waals surface area contributed by atoms with Crippen LogP contribution < -0.4 is 0 Å². The Morgan fingerprint density at radius 2 is 1.76 bits per heavy atom. The van der Waals surface area contributed by atoms with Crippen molar-refractivity contribution in [3.05, 3.63) is 136 Å². The van der Waals surface area contributed by atoms with Crippen molar-refractivity contribution >= 4 is 12.1 Å². The molecule has 0 bridgehead atoms. The zero-order chi connectivity index (χ0) is 32.1. The van der Waals surface area contributed by atoms with Crippen LogP contribution in [0.1, 0.15) is 117 Å². The SMILES string of the molecule is CC.CCC1=C(CC2CCCC2)CC=C(C(C)(Cc2ccncc2)C(=O)c2ccc(CCC3=CC=CCC=C3)cc2C=O)C=C1. The van der Waals surface area contributed by atoms with E-state index in [4.69, 9.17) is 0 Å². The van der Waals surface area contributed by atoms with E-state index in [1.807, 2.05) is 44.2 Å². The molecule has 1 saturated carbocycles. The Bertz CT molecular complexity index is 1490. The van der Waals surface area contributed by atoms with E-state index < -0.39 is 5.41 Å². The number of aromatic nitrogens is 1. The van der Waals surface area contributed by atoms with Crippen LogP contribution in [0.3, 0.4) is 0 Å². The number of aldehydes is 1. The zero-order valence-electron chi connectivity index (χ0n) is 27.9. The van der Waals surface area contributed by atoms with Crippen LogP contribution in [0.2, 0.25) is 0 Å². The molecule has 0 spiro atoms. The number of hydrogen-bond acceptors (Lipinski definition) is 3. The first kappa shape index (κ1) is 34.0. The molecule has 1 heterocycles. The van der Waals surface area contributed by atoms with Gasteiger partial charge in [-0.1, -0.05) is 113 Å². The Hall–Kier alpha value is -3.85. The molecule has 2 aromatic rings. The number of Topliss-reactive ketones (excluding diaryl/α,β-unsaturated/α-hetero) is 1. The van der Waals surface area contributed by atoms with Gasteiger partial charge in [-0.15, -0.1) is 0 Å². The lowest BCUT2D eigenvalue weighted by molar-refractivity contribution is 0.0856. The minimum atomic E-state index is -0.832. The van der Waals surface area contributed by atoms with Crippen molar-refractivity contribution in [2.24, 2.45) is 11.3 Å². The maximum absolute atomic E-state index is 14.6. The minimum absolute atomic E-state index is 0.00861. The highest BCUT2D eigenvalue weighted by atomic mass is 16.1. The largest absolute Gasteiger partial charge is 0.298 e. The summed E-state index contributed by atoms with van der Waals surface area (Å²) in [4.78, 5) is 31.3. The molecule has 1 unspecified atom stereocenters. The van der Waals surface area contributed by atoms with E-state index in [2.05, 4.69) is 67.4 Å². The van der Waals surface area contributed by atoms with E-state index in [1.54, 1.807) is 12.4 Å². The van der Waals surface area contributed by atoms with E-state index in [-0.39, 0.29) is 5.78 Å². The van der Waals surface area contributed by atoms with Gasteiger partial charge >= 0.3 is 0 Å². The molecule has 0 N–H and O–H groups in total. The first-order chi connectivity index (χ1) is 22.0.